The Hall–Kier alpha value is -0.920. The highest BCUT2D eigenvalue weighted by Gasteiger charge is 2.21. The standard InChI is InChI=1S/C14H21N3S/c1-14(2,3)12-10-18-13(16-12)9-17-6-4-11(8-15)5-7-17/h10-11H,4-7,9H2,1-3H3. The van der Waals surface area contributed by atoms with Crippen LogP contribution in [0.2, 0.25) is 0 Å². The summed E-state index contributed by atoms with van der Waals surface area (Å²) in [6.07, 6.45) is 2.02. The summed E-state index contributed by atoms with van der Waals surface area (Å²) in [5.74, 6) is 0.266. The number of piperidine rings is 1. The molecule has 1 aliphatic rings. The third-order valence-electron chi connectivity index (χ3n) is 3.45. The molecule has 0 atom stereocenters. The first-order valence-electron chi connectivity index (χ1n) is 6.56. The van der Waals surface area contributed by atoms with Gasteiger partial charge in [0.15, 0.2) is 0 Å². The van der Waals surface area contributed by atoms with Crippen LogP contribution in [0.25, 0.3) is 0 Å². The first kappa shape index (κ1) is 13.5. The largest absolute Gasteiger partial charge is 0.297 e. The third kappa shape index (κ3) is 3.30. The fourth-order valence-electron chi connectivity index (χ4n) is 2.14. The molecule has 0 bridgehead atoms. The van der Waals surface area contributed by atoms with E-state index in [1.165, 1.54) is 10.7 Å². The zero-order valence-electron chi connectivity index (χ0n) is 11.4. The third-order valence-corrected chi connectivity index (χ3v) is 4.28. The first-order valence-corrected chi connectivity index (χ1v) is 7.44. The van der Waals surface area contributed by atoms with E-state index in [0.29, 0.717) is 0 Å². The van der Waals surface area contributed by atoms with Gasteiger partial charge < -0.3 is 0 Å². The molecule has 3 nitrogen and oxygen atoms in total. The fourth-order valence-corrected chi connectivity index (χ4v) is 3.20. The van der Waals surface area contributed by atoms with Gasteiger partial charge in [0.1, 0.15) is 5.01 Å². The SMILES string of the molecule is CC(C)(C)c1csc(CN2CCC(C#N)CC2)n1. The molecule has 0 aliphatic carbocycles. The van der Waals surface area contributed by atoms with Crippen LogP contribution >= 0.6 is 11.3 Å². The zero-order chi connectivity index (χ0) is 13.2. The second-order valence-corrected chi connectivity index (χ2v) is 7.00. The first-order chi connectivity index (χ1) is 8.49. The molecule has 1 fully saturated rings. The summed E-state index contributed by atoms with van der Waals surface area (Å²) in [6, 6.07) is 2.37. The van der Waals surface area contributed by atoms with Crippen LogP contribution in [0.3, 0.4) is 0 Å². The summed E-state index contributed by atoms with van der Waals surface area (Å²) < 4.78 is 0. The Morgan fingerprint density at radius 1 is 1.44 bits per heavy atom. The topological polar surface area (TPSA) is 39.9 Å². The van der Waals surface area contributed by atoms with Crippen LogP contribution < -0.4 is 0 Å². The predicted octanol–water partition coefficient (Wildman–Crippen LogP) is 3.18. The van der Waals surface area contributed by atoms with Crippen LogP contribution in [0.4, 0.5) is 0 Å². The number of likely N-dealkylation sites (tertiary alicyclic amines) is 1. The van der Waals surface area contributed by atoms with E-state index in [0.717, 1.165) is 32.5 Å². The van der Waals surface area contributed by atoms with Crippen molar-refractivity contribution in [2.75, 3.05) is 13.1 Å². The number of nitriles is 1. The van der Waals surface area contributed by atoms with Gasteiger partial charge in [-0.1, -0.05) is 20.8 Å². The molecule has 2 rings (SSSR count). The lowest BCUT2D eigenvalue weighted by atomic mass is 9.93. The van der Waals surface area contributed by atoms with Crippen molar-refractivity contribution in [3.63, 3.8) is 0 Å². The van der Waals surface area contributed by atoms with Gasteiger partial charge in [-0.2, -0.15) is 5.26 Å². The van der Waals surface area contributed by atoms with Gasteiger partial charge in [-0.05, 0) is 25.9 Å². The minimum absolute atomic E-state index is 0.141. The molecular weight excluding hydrogens is 242 g/mol. The smallest absolute Gasteiger partial charge is 0.107 e. The minimum atomic E-state index is 0.141. The van der Waals surface area contributed by atoms with Crippen LogP contribution in [0.1, 0.15) is 44.3 Å². The molecule has 98 valence electrons. The van der Waals surface area contributed by atoms with Gasteiger partial charge in [0.2, 0.25) is 0 Å². The van der Waals surface area contributed by atoms with E-state index < -0.39 is 0 Å². The zero-order valence-corrected chi connectivity index (χ0v) is 12.3. The number of nitrogens with zero attached hydrogens (tertiary/aromatic N) is 3. The number of thiazole rings is 1. The summed E-state index contributed by atoms with van der Waals surface area (Å²) >= 11 is 1.76. The molecule has 0 N–H and O–H groups in total. The van der Waals surface area contributed by atoms with E-state index in [2.05, 4.69) is 37.1 Å². The number of hydrogen-bond acceptors (Lipinski definition) is 4. The van der Waals surface area contributed by atoms with Crippen molar-refractivity contribution in [2.24, 2.45) is 5.92 Å². The quantitative estimate of drug-likeness (QED) is 0.822. The van der Waals surface area contributed by atoms with Gasteiger partial charge in [-0.3, -0.25) is 4.90 Å². The lowest BCUT2D eigenvalue weighted by molar-refractivity contribution is 0.198. The van der Waals surface area contributed by atoms with Gasteiger partial charge in [0.05, 0.1) is 18.3 Å². The Morgan fingerprint density at radius 2 is 2.11 bits per heavy atom. The maximum Gasteiger partial charge on any atom is 0.107 e. The lowest BCUT2D eigenvalue weighted by Gasteiger charge is -2.28. The lowest BCUT2D eigenvalue weighted by Crippen LogP contribution is -2.32. The number of rotatable bonds is 2. The van der Waals surface area contributed by atoms with E-state index >= 15 is 0 Å². The van der Waals surface area contributed by atoms with Crippen LogP contribution in [-0.4, -0.2) is 23.0 Å². The molecule has 18 heavy (non-hydrogen) atoms. The van der Waals surface area contributed by atoms with Crippen molar-refractivity contribution >= 4 is 11.3 Å². The molecule has 0 saturated carbocycles. The Labute approximate surface area is 113 Å². The predicted molar refractivity (Wildman–Crippen MR) is 74.4 cm³/mol. The van der Waals surface area contributed by atoms with Crippen LogP contribution in [-0.2, 0) is 12.0 Å². The summed E-state index contributed by atoms with van der Waals surface area (Å²) in [7, 11) is 0. The van der Waals surface area contributed by atoms with Crippen molar-refractivity contribution in [2.45, 2.75) is 45.6 Å². The fraction of sp³-hybridized carbons (Fsp3) is 0.714. The van der Waals surface area contributed by atoms with E-state index in [9.17, 15) is 0 Å². The van der Waals surface area contributed by atoms with Crippen molar-refractivity contribution in [3.05, 3.63) is 16.1 Å². The van der Waals surface area contributed by atoms with Gasteiger partial charge >= 0.3 is 0 Å². The van der Waals surface area contributed by atoms with Gasteiger partial charge in [-0.25, -0.2) is 4.98 Å². The van der Waals surface area contributed by atoms with Crippen LogP contribution in [0.15, 0.2) is 5.38 Å². The molecule has 1 aromatic rings. The Bertz CT molecular complexity index is 431. The number of hydrogen-bond donors (Lipinski definition) is 0. The second kappa shape index (κ2) is 5.38. The Balaban J connectivity index is 1.91. The van der Waals surface area contributed by atoms with Crippen molar-refractivity contribution in [1.29, 1.82) is 5.26 Å². The van der Waals surface area contributed by atoms with E-state index in [1.807, 2.05) is 0 Å². The molecule has 0 aromatic carbocycles. The molecule has 4 heteroatoms. The minimum Gasteiger partial charge on any atom is -0.297 e. The molecule has 0 radical (unpaired) electrons. The number of aromatic nitrogens is 1. The second-order valence-electron chi connectivity index (χ2n) is 6.06. The molecule has 2 heterocycles. The monoisotopic (exact) mass is 263 g/mol. The summed E-state index contributed by atoms with van der Waals surface area (Å²) in [4.78, 5) is 7.14. The van der Waals surface area contributed by atoms with Crippen LogP contribution in [0.5, 0.6) is 0 Å². The van der Waals surface area contributed by atoms with Crippen LogP contribution in [0, 0.1) is 17.2 Å². The van der Waals surface area contributed by atoms with Crippen molar-refractivity contribution < 1.29 is 0 Å². The highest BCUT2D eigenvalue weighted by atomic mass is 32.1. The van der Waals surface area contributed by atoms with Gasteiger partial charge in [0, 0.05) is 16.7 Å². The highest BCUT2D eigenvalue weighted by molar-refractivity contribution is 7.09. The molecule has 0 spiro atoms. The maximum atomic E-state index is 8.88. The van der Waals surface area contributed by atoms with Gasteiger partial charge in [-0.15, -0.1) is 11.3 Å². The normalized spacial score (nSPS) is 18.8. The Kier molecular flexibility index (Phi) is 4.04. The Morgan fingerprint density at radius 3 is 2.61 bits per heavy atom. The summed E-state index contributed by atoms with van der Waals surface area (Å²) in [6.45, 7) is 9.60. The van der Waals surface area contributed by atoms with Gasteiger partial charge in [0.25, 0.3) is 0 Å². The molecule has 1 aromatic heterocycles. The molecule has 0 unspecified atom stereocenters. The average Bonchev–Trinajstić information content (AvgIpc) is 2.78. The molecule has 1 aliphatic heterocycles. The molecular formula is C14H21N3S. The summed E-state index contributed by atoms with van der Waals surface area (Å²) in [5.41, 5.74) is 1.33. The van der Waals surface area contributed by atoms with Crippen molar-refractivity contribution in [1.82, 2.24) is 9.88 Å². The molecule has 0 amide bonds. The van der Waals surface area contributed by atoms with Crippen molar-refractivity contribution in [3.8, 4) is 6.07 Å². The van der Waals surface area contributed by atoms with E-state index in [4.69, 9.17) is 10.2 Å². The van der Waals surface area contributed by atoms with E-state index in [-0.39, 0.29) is 11.3 Å². The molecule has 1 saturated heterocycles. The highest BCUT2D eigenvalue weighted by Crippen LogP contribution is 2.25. The van der Waals surface area contributed by atoms with E-state index in [1.54, 1.807) is 11.3 Å². The maximum absolute atomic E-state index is 8.88. The summed E-state index contributed by atoms with van der Waals surface area (Å²) in [5, 5.41) is 12.3. The average molecular weight is 263 g/mol.